The predicted octanol–water partition coefficient (Wildman–Crippen LogP) is 2.69. The highest BCUT2D eigenvalue weighted by Gasteiger charge is 2.15. The van der Waals surface area contributed by atoms with Crippen molar-refractivity contribution in [2.24, 2.45) is 15.2 Å². The summed E-state index contributed by atoms with van der Waals surface area (Å²) in [6.07, 6.45) is 0. The van der Waals surface area contributed by atoms with Crippen LogP contribution in [0.3, 0.4) is 0 Å². The standard InChI is InChI=1S/C14H13N5OS/c1-9(13-10(2)18-20-19-13)16-17-14-15-12(8-21-14)11-6-4-3-5-7-11/h3-7H,8H2,1-2H3/b16-9+,17-14+. The molecule has 1 aliphatic rings. The van der Waals surface area contributed by atoms with Gasteiger partial charge in [0.15, 0.2) is 5.69 Å². The number of amidine groups is 1. The lowest BCUT2D eigenvalue weighted by Crippen LogP contribution is -1.98. The Morgan fingerprint density at radius 3 is 2.76 bits per heavy atom. The number of hydrogen-bond donors (Lipinski definition) is 0. The molecule has 6 nitrogen and oxygen atoms in total. The Balaban J connectivity index is 1.80. The number of thioether (sulfide) groups is 1. The van der Waals surface area contributed by atoms with Gasteiger partial charge in [-0.05, 0) is 24.6 Å². The Kier molecular flexibility index (Phi) is 3.92. The Morgan fingerprint density at radius 2 is 2.05 bits per heavy atom. The highest BCUT2D eigenvalue weighted by atomic mass is 32.2. The van der Waals surface area contributed by atoms with E-state index in [1.165, 1.54) is 0 Å². The van der Waals surface area contributed by atoms with Gasteiger partial charge < -0.3 is 0 Å². The Labute approximate surface area is 126 Å². The van der Waals surface area contributed by atoms with Crippen LogP contribution in [0.1, 0.15) is 23.9 Å². The van der Waals surface area contributed by atoms with Gasteiger partial charge in [0.25, 0.3) is 0 Å². The summed E-state index contributed by atoms with van der Waals surface area (Å²) in [6.45, 7) is 3.63. The summed E-state index contributed by atoms with van der Waals surface area (Å²) in [5.41, 5.74) is 4.11. The van der Waals surface area contributed by atoms with Gasteiger partial charge >= 0.3 is 0 Å². The molecule has 0 aliphatic carbocycles. The van der Waals surface area contributed by atoms with Crippen LogP contribution in [-0.4, -0.2) is 32.7 Å². The lowest BCUT2D eigenvalue weighted by molar-refractivity contribution is 0.304. The van der Waals surface area contributed by atoms with E-state index in [4.69, 9.17) is 0 Å². The predicted molar refractivity (Wildman–Crippen MR) is 84.1 cm³/mol. The number of rotatable bonds is 3. The van der Waals surface area contributed by atoms with Crippen LogP contribution in [0.15, 0.2) is 50.2 Å². The molecule has 1 aromatic heterocycles. The molecule has 1 aliphatic heterocycles. The van der Waals surface area contributed by atoms with Crippen molar-refractivity contribution in [2.45, 2.75) is 13.8 Å². The van der Waals surface area contributed by atoms with Crippen LogP contribution >= 0.6 is 11.8 Å². The largest absolute Gasteiger partial charge is 0.244 e. The monoisotopic (exact) mass is 299 g/mol. The van der Waals surface area contributed by atoms with Crippen molar-refractivity contribution in [1.82, 2.24) is 10.3 Å². The molecule has 0 atom stereocenters. The van der Waals surface area contributed by atoms with Crippen molar-refractivity contribution in [1.29, 1.82) is 0 Å². The maximum atomic E-state index is 4.65. The van der Waals surface area contributed by atoms with Crippen LogP contribution in [0, 0.1) is 6.92 Å². The molecular formula is C14H13N5OS. The third kappa shape index (κ3) is 3.08. The average molecular weight is 299 g/mol. The number of aliphatic imine (C=N–C) groups is 1. The number of hydrogen-bond acceptors (Lipinski definition) is 6. The van der Waals surface area contributed by atoms with Gasteiger partial charge in [-0.3, -0.25) is 0 Å². The molecule has 7 heteroatoms. The molecule has 0 saturated carbocycles. The fourth-order valence-corrected chi connectivity index (χ4v) is 2.64. The van der Waals surface area contributed by atoms with Gasteiger partial charge in [-0.1, -0.05) is 47.3 Å². The molecule has 0 saturated heterocycles. The van der Waals surface area contributed by atoms with E-state index in [0.29, 0.717) is 22.3 Å². The van der Waals surface area contributed by atoms with Gasteiger partial charge in [0.2, 0.25) is 5.17 Å². The zero-order valence-corrected chi connectivity index (χ0v) is 12.5. The van der Waals surface area contributed by atoms with Gasteiger partial charge in [0, 0.05) is 5.75 Å². The minimum absolute atomic E-state index is 0.620. The quantitative estimate of drug-likeness (QED) is 0.645. The summed E-state index contributed by atoms with van der Waals surface area (Å²) < 4.78 is 4.65. The lowest BCUT2D eigenvalue weighted by Gasteiger charge is -1.96. The summed E-state index contributed by atoms with van der Waals surface area (Å²) in [4.78, 5) is 4.50. The Hall–Kier alpha value is -2.28. The summed E-state index contributed by atoms with van der Waals surface area (Å²) >= 11 is 1.57. The molecule has 0 amide bonds. The fourth-order valence-electron chi connectivity index (χ4n) is 1.87. The SMILES string of the molecule is C/C(=N\N=C1/N=C(c2ccccc2)CS1)c1nonc1C. The van der Waals surface area contributed by atoms with Crippen LogP contribution in [0.2, 0.25) is 0 Å². The first-order valence-electron chi connectivity index (χ1n) is 6.41. The van der Waals surface area contributed by atoms with E-state index >= 15 is 0 Å². The van der Waals surface area contributed by atoms with E-state index in [1.807, 2.05) is 44.2 Å². The zero-order chi connectivity index (χ0) is 14.7. The summed E-state index contributed by atoms with van der Waals surface area (Å²) in [5, 5.41) is 16.5. The lowest BCUT2D eigenvalue weighted by atomic mass is 10.1. The topological polar surface area (TPSA) is 76.0 Å². The molecule has 0 fully saturated rings. The first kappa shape index (κ1) is 13.7. The van der Waals surface area contributed by atoms with E-state index in [2.05, 4.69) is 30.1 Å². The summed E-state index contributed by atoms with van der Waals surface area (Å²) in [7, 11) is 0. The third-order valence-electron chi connectivity index (χ3n) is 2.96. The second-order valence-corrected chi connectivity index (χ2v) is 5.42. The van der Waals surface area contributed by atoms with Gasteiger partial charge in [0.05, 0.1) is 11.4 Å². The highest BCUT2D eigenvalue weighted by Crippen LogP contribution is 2.19. The molecule has 0 radical (unpaired) electrons. The molecule has 0 spiro atoms. The molecule has 2 heterocycles. The van der Waals surface area contributed by atoms with Crippen molar-refractivity contribution >= 4 is 28.4 Å². The first-order valence-corrected chi connectivity index (χ1v) is 7.40. The number of aryl methyl sites for hydroxylation is 1. The summed E-state index contributed by atoms with van der Waals surface area (Å²) in [5.74, 6) is 0.807. The molecule has 106 valence electrons. The second kappa shape index (κ2) is 6.01. The molecule has 1 aromatic carbocycles. The molecule has 2 aromatic rings. The maximum absolute atomic E-state index is 4.65. The molecule has 3 rings (SSSR count). The first-order chi connectivity index (χ1) is 10.2. The molecule has 0 N–H and O–H groups in total. The maximum Gasteiger partial charge on any atom is 0.209 e. The summed E-state index contributed by atoms with van der Waals surface area (Å²) in [6, 6.07) is 10.1. The van der Waals surface area contributed by atoms with Crippen LogP contribution in [0.25, 0.3) is 0 Å². The number of benzene rings is 1. The highest BCUT2D eigenvalue weighted by molar-refractivity contribution is 8.15. The molecular weight excluding hydrogens is 286 g/mol. The minimum atomic E-state index is 0.620. The van der Waals surface area contributed by atoms with E-state index in [9.17, 15) is 0 Å². The number of aromatic nitrogens is 2. The van der Waals surface area contributed by atoms with Crippen LogP contribution in [-0.2, 0) is 0 Å². The third-order valence-corrected chi connectivity index (χ3v) is 3.81. The van der Waals surface area contributed by atoms with Gasteiger partial charge in [-0.15, -0.1) is 5.10 Å². The zero-order valence-electron chi connectivity index (χ0n) is 11.6. The van der Waals surface area contributed by atoms with E-state index < -0.39 is 0 Å². The van der Waals surface area contributed by atoms with Crippen molar-refractivity contribution in [2.75, 3.05) is 5.75 Å². The van der Waals surface area contributed by atoms with Crippen LogP contribution in [0.4, 0.5) is 0 Å². The number of nitrogens with zero attached hydrogens (tertiary/aromatic N) is 5. The Bertz CT molecular complexity index is 733. The van der Waals surface area contributed by atoms with Gasteiger partial charge in [-0.2, -0.15) is 5.10 Å². The van der Waals surface area contributed by atoms with Crippen molar-refractivity contribution in [3.8, 4) is 0 Å². The van der Waals surface area contributed by atoms with Crippen LogP contribution < -0.4 is 0 Å². The van der Waals surface area contributed by atoms with Crippen molar-refractivity contribution in [3.05, 3.63) is 47.3 Å². The molecule has 21 heavy (non-hydrogen) atoms. The second-order valence-electron chi connectivity index (χ2n) is 4.48. The van der Waals surface area contributed by atoms with Crippen LogP contribution in [0.5, 0.6) is 0 Å². The Morgan fingerprint density at radius 1 is 1.24 bits per heavy atom. The van der Waals surface area contributed by atoms with Crippen molar-refractivity contribution < 1.29 is 4.63 Å². The minimum Gasteiger partial charge on any atom is -0.244 e. The van der Waals surface area contributed by atoms with Gasteiger partial charge in [0.1, 0.15) is 5.69 Å². The normalized spacial score (nSPS) is 17.3. The molecule has 0 unspecified atom stereocenters. The van der Waals surface area contributed by atoms with Gasteiger partial charge in [-0.25, -0.2) is 9.62 Å². The molecule has 0 bridgehead atoms. The van der Waals surface area contributed by atoms with E-state index in [0.717, 1.165) is 17.0 Å². The smallest absolute Gasteiger partial charge is 0.209 e. The van der Waals surface area contributed by atoms with Crippen molar-refractivity contribution in [3.63, 3.8) is 0 Å². The van der Waals surface area contributed by atoms with E-state index in [1.54, 1.807) is 11.8 Å². The fraction of sp³-hybridized carbons (Fsp3) is 0.214. The van der Waals surface area contributed by atoms with E-state index in [-0.39, 0.29) is 0 Å². The average Bonchev–Trinajstić information content (AvgIpc) is 3.15.